The number of rotatable bonds is 29. The van der Waals surface area contributed by atoms with E-state index in [9.17, 15) is 75.7 Å². The Bertz CT molecular complexity index is 5450. The molecule has 0 aliphatic carbocycles. The molecule has 8 amide bonds. The summed E-state index contributed by atoms with van der Waals surface area (Å²) in [6.45, 7) is 5.98. The summed E-state index contributed by atoms with van der Waals surface area (Å²) in [5.74, 6) is -17.5. The Morgan fingerprint density at radius 1 is 0.537 bits per heavy atom. The fourth-order valence-corrected chi connectivity index (χ4v) is 17.0. The summed E-state index contributed by atoms with van der Waals surface area (Å²) in [4.78, 5) is 139. The number of aliphatic carboxylic acids is 1. The van der Waals surface area contributed by atoms with Gasteiger partial charge >= 0.3 is 5.97 Å². The molecule has 2 fully saturated rings. The normalized spacial score (nSPS) is 25.2. The number of nitrogens with two attached hydrogens (primary N) is 1. The number of aliphatic hydroxyl groups excluding tert-OH is 7. The highest BCUT2D eigenvalue weighted by Crippen LogP contribution is 2.51. The van der Waals surface area contributed by atoms with Crippen LogP contribution in [-0.2, 0) is 59.0 Å². The zero-order chi connectivity index (χ0) is 96.0. The lowest BCUT2D eigenvalue weighted by atomic mass is 9.89. The van der Waals surface area contributed by atoms with Crippen molar-refractivity contribution in [3.05, 3.63) is 164 Å². The van der Waals surface area contributed by atoms with Gasteiger partial charge in [-0.15, -0.1) is 0 Å². The first kappa shape index (κ1) is 99.5. The van der Waals surface area contributed by atoms with Crippen molar-refractivity contribution in [3.63, 3.8) is 0 Å². The van der Waals surface area contributed by atoms with Crippen LogP contribution in [0.2, 0.25) is 10.0 Å². The Morgan fingerprint density at radius 2 is 1.17 bits per heavy atom. The van der Waals surface area contributed by atoms with Gasteiger partial charge in [-0.1, -0.05) is 106 Å². The number of fused-ring (bicyclic) bond motifs is 14. The molecule has 18 atom stereocenters. The number of aliphatic hydroxyl groups is 7. The van der Waals surface area contributed by atoms with Crippen LogP contribution in [0.3, 0.4) is 0 Å². The highest BCUT2D eigenvalue weighted by Gasteiger charge is 2.52. The molecule has 2 saturated heterocycles. The maximum Gasteiger partial charge on any atom is 0.335 e. The zero-order valence-electron chi connectivity index (χ0n) is 73.1. The second-order valence-corrected chi connectivity index (χ2v) is 34.7. The molecule has 42 heteroatoms. The van der Waals surface area contributed by atoms with E-state index in [2.05, 4.69) is 72.3 Å². The molecule has 720 valence electrons. The second kappa shape index (κ2) is 44.9. The van der Waals surface area contributed by atoms with Crippen LogP contribution in [0.25, 0.3) is 11.1 Å². The minimum atomic E-state index is -2.46. The summed E-state index contributed by atoms with van der Waals surface area (Å²) < 4.78 is 44.6. The van der Waals surface area contributed by atoms with Gasteiger partial charge in [0, 0.05) is 48.2 Å². The number of amides is 8. The summed E-state index contributed by atoms with van der Waals surface area (Å²) in [6, 6.07) is 5.63. The SMILES string of the molecule is CN[C@@H]1C(=O)N[C@@H]2Cc3ccc(cc3)Oc3cc4cc(c3O[C@@H]3O[C@H](C(=O)O)[C@@H](O)[C@H](O)[C@H]3NC(=O)CCCCCCCCC(C)C)Oc3ccc(cc3Cl)[C@@H](O)[C@@H]3NC(=O)[C@H](NC(=O)[C@@H]4NC(=O)[C@@H](NC2=O)c2cc(cc(O)c2Cl)Oc2cc1ccc2O)c1ccc(O)c(c1)-c1c(O[C@H]2O[C@H](CO)[C@@H](O)[C@H](O)[C@@H]2O)cc(O)cc1[C@@H](C(=O)NCCCNCCCNCCCN)NC3=O. The first-order valence-electron chi connectivity index (χ1n) is 44.1. The maximum atomic E-state index is 16.9. The highest BCUT2D eigenvalue weighted by molar-refractivity contribution is 6.33. The quantitative estimate of drug-likeness (QED) is 0.0298. The molecule has 15 rings (SSSR count). The number of aromatic hydroxyl groups is 4. The molecule has 40 nitrogen and oxygen atoms in total. The predicted octanol–water partition coefficient (Wildman–Crippen LogP) is 3.52. The molecular weight excluding hydrogens is 1790 g/mol. The number of phenolic OH excluding ortho intramolecular Hbond substituents is 4. The van der Waals surface area contributed by atoms with Gasteiger partial charge < -0.3 is 159 Å². The third kappa shape index (κ3) is 23.5. The van der Waals surface area contributed by atoms with E-state index in [1.807, 2.05) is 0 Å². The smallest absolute Gasteiger partial charge is 0.335 e. The highest BCUT2D eigenvalue weighted by atomic mass is 35.5. The lowest BCUT2D eigenvalue weighted by Crippen LogP contribution is -2.66. The van der Waals surface area contributed by atoms with E-state index in [0.717, 1.165) is 124 Å². The van der Waals surface area contributed by atoms with Gasteiger partial charge in [0.25, 0.3) is 0 Å². The Hall–Kier alpha value is -12.0. The standard InChI is InChI=1S/C92H110Cl2N12O28/c1-42(2)13-8-6-4-5-7-9-14-65(112)101-74-77(115)79(117)82(90(126)127)134-91(74)133-81-62-35-47-36-63(81)130-59-24-19-46(33-54(59)93)75(113)73-89(125)105-71(84(120)99-30-12-29-98-28-11-27-97-26-10-25-95)52-37-48(108)38-61(131-92-80(118)78(116)76(114)64(41-107)132-92)66(52)51-32-44(17-22-56(51)109)69(86(122)106-73)102-87(123)70(47)103-88(124)72-53-39-50(40-58(111)67(53)94)129-60-34-45(18-23-57(60)110)68(96-3)85(121)100-55(83(119)104-72)31-43-15-20-49(128-62)21-16-43/h15-24,32-40,42,55,64,68-80,82,91-92,96-98,107-111,113-118H,4-14,25-31,41,95H2,1-3H3,(H,99,120)(H,100,121)(H,101,112)(H,102,123)(H,103,124)(H,104,119)(H,105,125)(H,106,122)(H,126,127)/t55-,64-,68+,69-,70-,71+,72+,73+,74-,75-,76-,77-,78+,79+,80+,82+,91-,92+/m1/s1. The average Bonchev–Trinajstić information content (AvgIpc) is 0.761. The number of nitrogens with one attached hydrogen (secondary N) is 11. The summed E-state index contributed by atoms with van der Waals surface area (Å²) in [6.07, 6.45) is -14.5. The largest absolute Gasteiger partial charge is 0.508 e. The van der Waals surface area contributed by atoms with Crippen molar-refractivity contribution in [2.45, 2.75) is 201 Å². The molecule has 0 saturated carbocycles. The van der Waals surface area contributed by atoms with Crippen molar-refractivity contribution >= 4 is 76.4 Å². The van der Waals surface area contributed by atoms with Crippen LogP contribution < -0.4 is 87.9 Å². The molecule has 0 aromatic heterocycles. The van der Waals surface area contributed by atoms with Crippen molar-refractivity contribution in [2.24, 2.45) is 11.7 Å². The van der Waals surface area contributed by atoms with E-state index >= 15 is 28.8 Å². The summed E-state index contributed by atoms with van der Waals surface area (Å²) in [5, 5.41) is 168. The number of hydrogen-bond acceptors (Lipinski definition) is 31. The third-order valence-corrected chi connectivity index (χ3v) is 24.5. The van der Waals surface area contributed by atoms with Crippen molar-refractivity contribution in [2.75, 3.05) is 52.9 Å². The van der Waals surface area contributed by atoms with Crippen LogP contribution in [0.1, 0.15) is 160 Å². The Kier molecular flexibility index (Phi) is 33.4. The number of carbonyl (C=O) groups is 9. The van der Waals surface area contributed by atoms with Gasteiger partial charge in [0.15, 0.2) is 29.1 Å². The molecule has 17 bridgehead atoms. The minimum absolute atomic E-state index is 0.119. The number of halogens is 2. The number of hydrogen-bond donors (Lipinski definition) is 24. The van der Waals surface area contributed by atoms with Gasteiger partial charge in [-0.3, -0.25) is 38.4 Å². The lowest BCUT2D eigenvalue weighted by molar-refractivity contribution is -0.277. The number of likely N-dealkylation sites (N-methyl/N-ethyl adjacent to an activating group) is 1. The molecule has 0 unspecified atom stereocenters. The summed E-state index contributed by atoms with van der Waals surface area (Å²) >= 11 is 14.4. The van der Waals surface area contributed by atoms with Gasteiger partial charge in [-0.25, -0.2) is 4.79 Å². The van der Waals surface area contributed by atoms with E-state index in [4.69, 9.17) is 62.1 Å². The van der Waals surface area contributed by atoms with E-state index in [-0.39, 0.29) is 47.8 Å². The first-order chi connectivity index (χ1) is 64.2. The van der Waals surface area contributed by atoms with Gasteiger partial charge in [-0.05, 0) is 178 Å². The molecule has 0 spiro atoms. The molecular formula is C92H110Cl2N12O28. The molecule has 8 aliphatic rings. The van der Waals surface area contributed by atoms with Crippen molar-refractivity contribution < 1.29 is 138 Å². The molecule has 0 radical (unpaired) electrons. The van der Waals surface area contributed by atoms with Gasteiger partial charge in [-0.2, -0.15) is 0 Å². The second-order valence-electron chi connectivity index (χ2n) is 33.9. The number of unbranched alkanes of at least 4 members (excludes halogenated alkanes) is 5. The number of carbonyl (C=O) groups excluding carboxylic acids is 8. The Labute approximate surface area is 778 Å². The number of benzene rings is 7. The van der Waals surface area contributed by atoms with Crippen LogP contribution in [0, 0.1) is 5.92 Å². The van der Waals surface area contributed by atoms with Crippen molar-refractivity contribution in [1.82, 2.24) is 58.5 Å². The number of phenols is 4. The van der Waals surface area contributed by atoms with Gasteiger partial charge in [0.2, 0.25) is 65.6 Å². The molecule has 8 aliphatic heterocycles. The number of carboxylic acid groups (broad SMARTS) is 1. The van der Waals surface area contributed by atoms with Crippen LogP contribution in [0.4, 0.5) is 0 Å². The molecule has 7 aromatic rings. The minimum Gasteiger partial charge on any atom is -0.508 e. The molecule has 25 N–H and O–H groups in total. The predicted molar refractivity (Wildman–Crippen MR) is 478 cm³/mol. The van der Waals surface area contributed by atoms with Crippen molar-refractivity contribution in [1.29, 1.82) is 0 Å². The van der Waals surface area contributed by atoms with Gasteiger partial charge in [0.05, 0.1) is 16.7 Å². The van der Waals surface area contributed by atoms with Crippen molar-refractivity contribution in [3.8, 4) is 80.1 Å². The van der Waals surface area contributed by atoms with E-state index in [1.54, 1.807) is 0 Å². The first-order valence-corrected chi connectivity index (χ1v) is 44.9. The molecule has 7 aromatic carbocycles. The lowest BCUT2D eigenvalue weighted by Gasteiger charge is -2.41. The fourth-order valence-electron chi connectivity index (χ4n) is 16.5. The molecule has 134 heavy (non-hydrogen) atoms. The summed E-state index contributed by atoms with van der Waals surface area (Å²) in [7, 11) is 1.43. The topological polar surface area (TPSA) is 619 Å². The summed E-state index contributed by atoms with van der Waals surface area (Å²) in [5.41, 5.74) is 2.92. The Balaban J connectivity index is 1.02. The average molecular weight is 1900 g/mol. The van der Waals surface area contributed by atoms with Crippen LogP contribution in [0.15, 0.2) is 115 Å². The van der Waals surface area contributed by atoms with E-state index in [1.165, 1.54) is 49.5 Å². The van der Waals surface area contributed by atoms with Crippen LogP contribution in [0.5, 0.6) is 69.0 Å². The molecule has 8 heterocycles. The number of carboxylic acids is 1. The zero-order valence-corrected chi connectivity index (χ0v) is 74.6. The number of ether oxygens (including phenoxy) is 7. The fraction of sp³-hybridized carbons (Fsp3) is 0.446. The van der Waals surface area contributed by atoms with E-state index in [0.29, 0.717) is 50.5 Å². The Morgan fingerprint density at radius 3 is 1.87 bits per heavy atom. The van der Waals surface area contributed by atoms with Gasteiger partial charge in [0.1, 0.15) is 131 Å². The monoisotopic (exact) mass is 1900 g/mol. The maximum absolute atomic E-state index is 16.9. The third-order valence-electron chi connectivity index (χ3n) is 23.8. The van der Waals surface area contributed by atoms with Crippen LogP contribution in [-0.4, -0.2) is 241 Å². The van der Waals surface area contributed by atoms with E-state index < -0.39 is 271 Å². The van der Waals surface area contributed by atoms with Crippen LogP contribution >= 0.6 is 23.2 Å².